The Labute approximate surface area is 91.4 Å². The Morgan fingerprint density at radius 1 is 1.38 bits per heavy atom. The molecule has 1 aliphatic rings. The van der Waals surface area contributed by atoms with Gasteiger partial charge in [0.05, 0.1) is 0 Å². The zero-order chi connectivity index (χ0) is 11.5. The normalized spacial score (nSPS) is 19.8. The topological polar surface area (TPSA) is 38.3 Å². The van der Waals surface area contributed by atoms with Gasteiger partial charge in [0, 0.05) is 18.4 Å². The van der Waals surface area contributed by atoms with Crippen LogP contribution in [0.25, 0.3) is 0 Å². The highest BCUT2D eigenvalue weighted by Gasteiger charge is 2.23. The Hall–Kier alpha value is -1.49. The van der Waals surface area contributed by atoms with Crippen molar-refractivity contribution in [3.8, 4) is 0 Å². The summed E-state index contributed by atoms with van der Waals surface area (Å²) in [5.41, 5.74) is 0.236. The summed E-state index contributed by atoms with van der Waals surface area (Å²) < 4.78 is 30.6. The van der Waals surface area contributed by atoms with Crippen molar-refractivity contribution in [1.29, 1.82) is 0 Å². The van der Waals surface area contributed by atoms with Gasteiger partial charge in [-0.2, -0.15) is 0 Å². The molecule has 1 atom stereocenters. The number of anilines is 1. The average molecular weight is 227 g/mol. The van der Waals surface area contributed by atoms with Crippen LogP contribution in [0.4, 0.5) is 14.5 Å². The summed E-state index contributed by atoms with van der Waals surface area (Å²) in [6.07, 6.45) is 1.03. The zero-order valence-corrected chi connectivity index (χ0v) is 8.50. The fraction of sp³-hybridized carbons (Fsp3) is 0.364. The Balaban J connectivity index is 2.02. The molecule has 1 amide bonds. The molecule has 1 aliphatic heterocycles. The maximum Gasteiger partial charge on any atom is 0.253 e. The molecule has 16 heavy (non-hydrogen) atoms. The van der Waals surface area contributed by atoms with Gasteiger partial charge in [-0.25, -0.2) is 8.78 Å². The number of ether oxygens (including phenoxy) is 1. The maximum atomic E-state index is 12.8. The van der Waals surface area contributed by atoms with Crippen LogP contribution in [-0.2, 0) is 9.53 Å². The van der Waals surface area contributed by atoms with E-state index in [0.29, 0.717) is 13.0 Å². The summed E-state index contributed by atoms with van der Waals surface area (Å²) in [4.78, 5) is 11.6. The van der Waals surface area contributed by atoms with Crippen LogP contribution in [-0.4, -0.2) is 18.6 Å². The smallest absolute Gasteiger partial charge is 0.253 e. The predicted molar refractivity (Wildman–Crippen MR) is 54.0 cm³/mol. The van der Waals surface area contributed by atoms with Crippen LogP contribution in [0.1, 0.15) is 12.8 Å². The largest absolute Gasteiger partial charge is 0.368 e. The summed E-state index contributed by atoms with van der Waals surface area (Å²) in [5, 5.41) is 2.48. The van der Waals surface area contributed by atoms with E-state index in [9.17, 15) is 13.6 Å². The minimum atomic E-state index is -0.981. The number of carbonyl (C=O) groups excluding carboxylic acids is 1. The summed E-state index contributed by atoms with van der Waals surface area (Å²) in [7, 11) is 0. The molecule has 5 heteroatoms. The quantitative estimate of drug-likeness (QED) is 0.840. The lowest BCUT2D eigenvalue weighted by atomic mass is 10.2. The van der Waals surface area contributed by atoms with E-state index in [0.717, 1.165) is 18.6 Å². The second kappa shape index (κ2) is 4.57. The van der Waals surface area contributed by atoms with Crippen LogP contribution >= 0.6 is 0 Å². The predicted octanol–water partition coefficient (Wildman–Crippen LogP) is 2.08. The molecule has 1 heterocycles. The highest BCUT2D eigenvalue weighted by molar-refractivity contribution is 5.94. The van der Waals surface area contributed by atoms with E-state index in [1.54, 1.807) is 0 Å². The highest BCUT2D eigenvalue weighted by Crippen LogP contribution is 2.17. The van der Waals surface area contributed by atoms with E-state index in [2.05, 4.69) is 5.32 Å². The average Bonchev–Trinajstić information content (AvgIpc) is 2.77. The molecule has 2 rings (SSSR count). The molecule has 0 saturated carbocycles. The van der Waals surface area contributed by atoms with E-state index in [-0.39, 0.29) is 11.6 Å². The van der Waals surface area contributed by atoms with Gasteiger partial charge < -0.3 is 10.1 Å². The molecule has 1 saturated heterocycles. The van der Waals surface area contributed by atoms with Gasteiger partial charge in [-0.15, -0.1) is 0 Å². The number of halogens is 2. The number of rotatable bonds is 2. The number of amides is 1. The molecule has 0 radical (unpaired) electrons. The summed E-state index contributed by atoms with van der Waals surface area (Å²) in [5.74, 6) is -2.23. The first-order valence-corrected chi connectivity index (χ1v) is 5.04. The number of benzene rings is 1. The summed E-state index contributed by atoms with van der Waals surface area (Å²) in [6, 6.07) is 3.23. The van der Waals surface area contributed by atoms with Crippen molar-refractivity contribution in [3.05, 3.63) is 29.8 Å². The van der Waals surface area contributed by atoms with E-state index >= 15 is 0 Å². The first-order valence-electron chi connectivity index (χ1n) is 5.04. The first-order chi connectivity index (χ1) is 7.66. The van der Waals surface area contributed by atoms with Gasteiger partial charge in [0.25, 0.3) is 5.91 Å². The Kier molecular flexibility index (Phi) is 3.14. The fourth-order valence-corrected chi connectivity index (χ4v) is 1.58. The molecule has 0 aliphatic carbocycles. The van der Waals surface area contributed by atoms with E-state index < -0.39 is 17.7 Å². The third kappa shape index (κ3) is 2.36. The van der Waals surface area contributed by atoms with Crippen molar-refractivity contribution in [1.82, 2.24) is 0 Å². The highest BCUT2D eigenvalue weighted by atomic mass is 19.2. The van der Waals surface area contributed by atoms with Crippen LogP contribution in [0.15, 0.2) is 18.2 Å². The van der Waals surface area contributed by atoms with Gasteiger partial charge >= 0.3 is 0 Å². The molecule has 3 nitrogen and oxygen atoms in total. The monoisotopic (exact) mass is 227 g/mol. The standard InChI is InChI=1S/C11H11F2NO2/c12-8-4-3-7(6-9(8)13)14-11(15)10-2-1-5-16-10/h3-4,6,10H,1-2,5H2,(H,14,15). The van der Waals surface area contributed by atoms with Gasteiger partial charge in [0.2, 0.25) is 0 Å². The van der Waals surface area contributed by atoms with Crippen molar-refractivity contribution in [2.45, 2.75) is 18.9 Å². The number of carbonyl (C=O) groups is 1. The summed E-state index contributed by atoms with van der Waals surface area (Å²) in [6.45, 7) is 0.565. The maximum absolute atomic E-state index is 12.8. The van der Waals surface area contributed by atoms with Crippen LogP contribution in [0, 0.1) is 11.6 Å². The van der Waals surface area contributed by atoms with E-state index in [1.807, 2.05) is 0 Å². The minimum Gasteiger partial charge on any atom is -0.368 e. The molecule has 0 spiro atoms. The molecular weight excluding hydrogens is 216 g/mol. The van der Waals surface area contributed by atoms with Gasteiger partial charge in [0.1, 0.15) is 6.10 Å². The van der Waals surface area contributed by atoms with Crippen molar-refractivity contribution in [2.75, 3.05) is 11.9 Å². The van der Waals surface area contributed by atoms with Gasteiger partial charge in [0.15, 0.2) is 11.6 Å². The van der Waals surface area contributed by atoms with Gasteiger partial charge in [-0.3, -0.25) is 4.79 Å². The van der Waals surface area contributed by atoms with Crippen LogP contribution in [0.5, 0.6) is 0 Å². The third-order valence-corrected chi connectivity index (χ3v) is 2.41. The molecule has 1 aromatic carbocycles. The lowest BCUT2D eigenvalue weighted by Crippen LogP contribution is -2.26. The second-order valence-corrected chi connectivity index (χ2v) is 3.62. The molecular formula is C11H11F2NO2. The molecule has 1 N–H and O–H groups in total. The molecule has 1 fully saturated rings. The molecule has 1 aromatic rings. The molecule has 1 unspecified atom stereocenters. The number of nitrogens with one attached hydrogen (secondary N) is 1. The van der Waals surface area contributed by atoms with Crippen molar-refractivity contribution in [2.24, 2.45) is 0 Å². The number of hydrogen-bond acceptors (Lipinski definition) is 2. The SMILES string of the molecule is O=C(Nc1ccc(F)c(F)c1)C1CCCO1. The zero-order valence-electron chi connectivity index (χ0n) is 8.50. The minimum absolute atomic E-state index is 0.236. The fourth-order valence-electron chi connectivity index (χ4n) is 1.58. The van der Waals surface area contributed by atoms with Crippen LogP contribution in [0.2, 0.25) is 0 Å². The van der Waals surface area contributed by atoms with Crippen LogP contribution in [0.3, 0.4) is 0 Å². The third-order valence-electron chi connectivity index (χ3n) is 2.41. The van der Waals surface area contributed by atoms with E-state index in [1.165, 1.54) is 6.07 Å². The second-order valence-electron chi connectivity index (χ2n) is 3.62. The Morgan fingerprint density at radius 2 is 2.19 bits per heavy atom. The number of hydrogen-bond donors (Lipinski definition) is 1. The van der Waals surface area contributed by atoms with Gasteiger partial charge in [-0.05, 0) is 25.0 Å². The Morgan fingerprint density at radius 3 is 2.81 bits per heavy atom. The van der Waals surface area contributed by atoms with E-state index in [4.69, 9.17) is 4.74 Å². The van der Waals surface area contributed by atoms with Crippen molar-refractivity contribution >= 4 is 11.6 Å². The first kappa shape index (κ1) is 11.0. The molecule has 0 bridgehead atoms. The van der Waals surface area contributed by atoms with Gasteiger partial charge in [-0.1, -0.05) is 0 Å². The lowest BCUT2D eigenvalue weighted by Gasteiger charge is -2.10. The lowest BCUT2D eigenvalue weighted by molar-refractivity contribution is -0.124. The molecule has 86 valence electrons. The Bertz CT molecular complexity index is 403. The van der Waals surface area contributed by atoms with Crippen LogP contribution < -0.4 is 5.32 Å². The van der Waals surface area contributed by atoms with Crippen molar-refractivity contribution in [3.63, 3.8) is 0 Å². The van der Waals surface area contributed by atoms with Crippen molar-refractivity contribution < 1.29 is 18.3 Å². The summed E-state index contributed by atoms with van der Waals surface area (Å²) >= 11 is 0. The molecule has 0 aromatic heterocycles.